The molecule has 45 heavy (non-hydrogen) atoms. The molecule has 0 aromatic heterocycles. The van der Waals surface area contributed by atoms with Gasteiger partial charge in [0.05, 0.1) is 56.9 Å². The predicted molar refractivity (Wildman–Crippen MR) is 189 cm³/mol. The highest BCUT2D eigenvalue weighted by Gasteiger charge is 2.45. The van der Waals surface area contributed by atoms with Crippen molar-refractivity contribution in [1.82, 2.24) is 0 Å². The molecule has 216 valence electrons. The van der Waals surface area contributed by atoms with E-state index in [1.165, 1.54) is 39.5 Å². The summed E-state index contributed by atoms with van der Waals surface area (Å²) in [6.07, 6.45) is 2.87. The van der Waals surface area contributed by atoms with Crippen LogP contribution in [0.1, 0.15) is 24.5 Å². The summed E-state index contributed by atoms with van der Waals surface area (Å²) >= 11 is 0. The van der Waals surface area contributed by atoms with Gasteiger partial charge in [0, 0.05) is 22.7 Å². The lowest BCUT2D eigenvalue weighted by atomic mass is 9.75. The number of allylic oxidation sites excluding steroid dienone is 2. The van der Waals surface area contributed by atoms with Crippen molar-refractivity contribution >= 4 is 57.1 Å². The smallest absolute Gasteiger partial charge is 0.0837 e. The van der Waals surface area contributed by atoms with Crippen molar-refractivity contribution in [2.24, 2.45) is 5.92 Å². The normalized spacial score (nSPS) is 17.6. The fourth-order valence-corrected chi connectivity index (χ4v) is 7.73. The zero-order valence-corrected chi connectivity index (χ0v) is 25.2. The molecule has 9 rings (SSSR count). The van der Waals surface area contributed by atoms with Gasteiger partial charge in [0.1, 0.15) is 0 Å². The molecule has 0 radical (unpaired) electrons. The minimum atomic E-state index is 0.162. The summed E-state index contributed by atoms with van der Waals surface area (Å²) in [5.74, 6) is 0.162. The second-order valence-electron chi connectivity index (χ2n) is 12.1. The van der Waals surface area contributed by atoms with Crippen molar-refractivity contribution in [3.8, 4) is 0 Å². The van der Waals surface area contributed by atoms with Crippen LogP contribution < -0.4 is 20.0 Å². The molecule has 0 spiro atoms. The Hall–Kier alpha value is -5.74. The Kier molecular flexibility index (Phi) is 5.51. The quantitative estimate of drug-likeness (QED) is 0.229. The van der Waals surface area contributed by atoms with E-state index in [9.17, 15) is 0 Å². The summed E-state index contributed by atoms with van der Waals surface area (Å²) in [6, 6.07) is 43.3. The van der Waals surface area contributed by atoms with Gasteiger partial charge in [-0.2, -0.15) is 0 Å². The highest BCUT2D eigenvalue weighted by molar-refractivity contribution is 6.04. The zero-order chi connectivity index (χ0) is 30.2. The van der Waals surface area contributed by atoms with Crippen molar-refractivity contribution < 1.29 is 0 Å². The van der Waals surface area contributed by atoms with Gasteiger partial charge in [-0.25, -0.2) is 0 Å². The van der Waals surface area contributed by atoms with Gasteiger partial charge >= 0.3 is 0 Å². The van der Waals surface area contributed by atoms with Crippen molar-refractivity contribution in [2.75, 3.05) is 20.0 Å². The molecule has 0 saturated carbocycles. The molecule has 1 unspecified atom stereocenters. The molecule has 3 aliphatic heterocycles. The molecular formula is C41H32N4. The van der Waals surface area contributed by atoms with E-state index in [2.05, 4.69) is 155 Å². The summed E-state index contributed by atoms with van der Waals surface area (Å²) < 4.78 is 0. The second-order valence-corrected chi connectivity index (χ2v) is 12.1. The monoisotopic (exact) mass is 580 g/mol. The standard InChI is InChI=1S/C41H32N4/c1-4-28-15-14-24-37-40(28)45(36-23-13-12-22-35(36)43(37)29-16-6-5-7-17-29)39-26(2)25-31-27(3)30-18-8-10-20-33(30)44-34-21-11-9-19-32(34)42-38(39)41(31)44/h4-24,31,42H,1,3,25H2,2H3. The van der Waals surface area contributed by atoms with Crippen molar-refractivity contribution in [3.05, 3.63) is 168 Å². The Balaban J connectivity index is 1.34. The maximum Gasteiger partial charge on any atom is 0.0837 e. The molecule has 1 N–H and O–H groups in total. The molecule has 4 nitrogen and oxygen atoms in total. The van der Waals surface area contributed by atoms with E-state index < -0.39 is 0 Å². The molecule has 0 bridgehead atoms. The number of anilines is 8. The number of fused-ring (bicyclic) bond motifs is 6. The molecule has 0 amide bonds. The molecule has 1 atom stereocenters. The largest absolute Gasteiger partial charge is 0.351 e. The van der Waals surface area contributed by atoms with E-state index in [0.29, 0.717) is 0 Å². The van der Waals surface area contributed by atoms with E-state index in [-0.39, 0.29) is 5.92 Å². The molecule has 3 heterocycles. The topological polar surface area (TPSA) is 21.8 Å². The first kappa shape index (κ1) is 25.7. The average molecular weight is 581 g/mol. The summed E-state index contributed by atoms with van der Waals surface area (Å²) in [7, 11) is 0. The van der Waals surface area contributed by atoms with Crippen molar-refractivity contribution in [2.45, 2.75) is 13.3 Å². The Morgan fingerprint density at radius 1 is 0.667 bits per heavy atom. The van der Waals surface area contributed by atoms with Gasteiger partial charge in [0.15, 0.2) is 0 Å². The molecule has 4 heteroatoms. The van der Waals surface area contributed by atoms with Crippen LogP contribution in [0.25, 0.3) is 11.6 Å². The molecule has 4 aliphatic rings. The Bertz CT molecular complexity index is 2140. The van der Waals surface area contributed by atoms with Crippen molar-refractivity contribution in [1.29, 1.82) is 0 Å². The lowest BCUT2D eigenvalue weighted by molar-refractivity contribution is 0.691. The van der Waals surface area contributed by atoms with Gasteiger partial charge in [-0.15, -0.1) is 0 Å². The molecule has 0 saturated heterocycles. The highest BCUT2D eigenvalue weighted by Crippen LogP contribution is 2.60. The second kappa shape index (κ2) is 9.63. The minimum absolute atomic E-state index is 0.162. The third-order valence-electron chi connectivity index (χ3n) is 9.63. The lowest BCUT2D eigenvalue weighted by Gasteiger charge is -2.50. The third-order valence-corrected chi connectivity index (χ3v) is 9.63. The predicted octanol–water partition coefficient (Wildman–Crippen LogP) is 11.0. The average Bonchev–Trinajstić information content (AvgIpc) is 3.09. The summed E-state index contributed by atoms with van der Waals surface area (Å²) in [6.45, 7) is 11.3. The number of hydrogen-bond donors (Lipinski definition) is 1. The maximum atomic E-state index is 4.69. The lowest BCUT2D eigenvalue weighted by Crippen LogP contribution is -2.40. The number of nitrogens with one attached hydrogen (secondary N) is 1. The zero-order valence-electron chi connectivity index (χ0n) is 25.2. The van der Waals surface area contributed by atoms with E-state index in [4.69, 9.17) is 6.58 Å². The Labute approximate surface area is 264 Å². The van der Waals surface area contributed by atoms with Crippen LogP contribution in [0.2, 0.25) is 0 Å². The van der Waals surface area contributed by atoms with Gasteiger partial charge in [-0.3, -0.25) is 0 Å². The number of benzene rings is 5. The maximum absolute atomic E-state index is 4.69. The van der Waals surface area contributed by atoms with Crippen LogP contribution in [-0.4, -0.2) is 0 Å². The van der Waals surface area contributed by atoms with Crippen molar-refractivity contribution in [3.63, 3.8) is 0 Å². The fraction of sp³-hybridized carbons (Fsp3) is 0.0732. The molecule has 1 aliphatic carbocycles. The number of hydrogen-bond acceptors (Lipinski definition) is 4. The van der Waals surface area contributed by atoms with Crippen LogP contribution in [0.3, 0.4) is 0 Å². The van der Waals surface area contributed by atoms with E-state index in [1.54, 1.807) is 0 Å². The van der Waals surface area contributed by atoms with Crippen LogP contribution >= 0.6 is 0 Å². The molecular weight excluding hydrogens is 548 g/mol. The minimum Gasteiger partial charge on any atom is -0.351 e. The van der Waals surface area contributed by atoms with Crippen LogP contribution in [-0.2, 0) is 0 Å². The first-order chi connectivity index (χ1) is 22.2. The van der Waals surface area contributed by atoms with Crippen LogP contribution in [0, 0.1) is 5.92 Å². The van der Waals surface area contributed by atoms with Gasteiger partial charge < -0.3 is 20.0 Å². The van der Waals surface area contributed by atoms with Gasteiger partial charge in [0.2, 0.25) is 0 Å². The molecule has 5 aromatic carbocycles. The number of rotatable bonds is 3. The summed E-state index contributed by atoms with van der Waals surface area (Å²) in [5.41, 5.74) is 17.5. The van der Waals surface area contributed by atoms with Gasteiger partial charge in [-0.1, -0.05) is 92.0 Å². The van der Waals surface area contributed by atoms with E-state index in [0.717, 1.165) is 51.8 Å². The summed E-state index contributed by atoms with van der Waals surface area (Å²) in [4.78, 5) is 7.34. The van der Waals surface area contributed by atoms with E-state index in [1.807, 2.05) is 6.08 Å². The SMILES string of the molecule is C=Cc1cccc2c1N(C1=C(C)CC3C(=C)c4ccccc4N4C3=C1Nc1ccccc14)c1ccccc1N2c1ccccc1. The van der Waals surface area contributed by atoms with Gasteiger partial charge in [-0.05, 0) is 73.0 Å². The van der Waals surface area contributed by atoms with Gasteiger partial charge in [0.25, 0.3) is 0 Å². The van der Waals surface area contributed by atoms with Crippen LogP contribution in [0.5, 0.6) is 0 Å². The molecule has 0 fully saturated rings. The third kappa shape index (κ3) is 3.54. The highest BCUT2D eigenvalue weighted by atomic mass is 15.3. The number of para-hydroxylation sites is 7. The van der Waals surface area contributed by atoms with E-state index >= 15 is 0 Å². The first-order valence-corrected chi connectivity index (χ1v) is 15.5. The Morgan fingerprint density at radius 2 is 1.31 bits per heavy atom. The first-order valence-electron chi connectivity index (χ1n) is 15.5. The summed E-state index contributed by atoms with van der Waals surface area (Å²) in [5, 5.41) is 3.96. The van der Waals surface area contributed by atoms with Crippen LogP contribution in [0.4, 0.5) is 45.5 Å². The van der Waals surface area contributed by atoms with Crippen LogP contribution in [0.15, 0.2) is 157 Å². The Morgan fingerprint density at radius 3 is 2.09 bits per heavy atom. The fourth-order valence-electron chi connectivity index (χ4n) is 7.73. The number of nitrogens with zero attached hydrogens (tertiary/aromatic N) is 3. The molecule has 5 aromatic rings.